The molecule has 1 saturated heterocycles. The number of methoxy groups -OCH3 is 1. The maximum absolute atomic E-state index is 13.0. The number of benzene rings is 2. The highest BCUT2D eigenvalue weighted by Crippen LogP contribution is 2.22. The summed E-state index contributed by atoms with van der Waals surface area (Å²) in [6.07, 6.45) is 1.25. The monoisotopic (exact) mass is 462 g/mol. The van der Waals surface area contributed by atoms with Crippen LogP contribution in [0.3, 0.4) is 0 Å². The number of nitriles is 1. The molecule has 0 bridgehead atoms. The van der Waals surface area contributed by atoms with Gasteiger partial charge in [-0.3, -0.25) is 14.5 Å². The molecule has 0 saturated carbocycles. The molecule has 1 aromatic heterocycles. The molecule has 1 N–H and O–H groups in total. The first-order valence-electron chi connectivity index (χ1n) is 10.9. The number of aromatic nitrogens is 3. The smallest absolute Gasteiger partial charge is 0.224 e. The van der Waals surface area contributed by atoms with E-state index in [1.165, 1.54) is 0 Å². The molecule has 33 heavy (non-hydrogen) atoms. The van der Waals surface area contributed by atoms with Crippen molar-refractivity contribution >= 4 is 23.8 Å². The number of ether oxygens (including phenoxy) is 1. The van der Waals surface area contributed by atoms with Crippen LogP contribution in [-0.4, -0.2) is 58.9 Å². The van der Waals surface area contributed by atoms with E-state index in [1.54, 1.807) is 7.11 Å². The van der Waals surface area contributed by atoms with E-state index in [4.69, 9.17) is 22.2 Å². The summed E-state index contributed by atoms with van der Waals surface area (Å²) < 4.78 is 7.59. The Morgan fingerprint density at radius 2 is 1.88 bits per heavy atom. The van der Waals surface area contributed by atoms with Crippen LogP contribution in [0, 0.1) is 16.1 Å². The molecule has 1 amide bonds. The van der Waals surface area contributed by atoms with Gasteiger partial charge >= 0.3 is 0 Å². The van der Waals surface area contributed by atoms with Gasteiger partial charge in [-0.2, -0.15) is 10.4 Å². The molecule has 1 aliphatic heterocycles. The number of nitrogens with one attached hydrogen (secondary N) is 1. The molecule has 2 aromatic carbocycles. The number of carbonyl (C=O) groups excluding carboxylic acids is 1. The highest BCUT2D eigenvalue weighted by molar-refractivity contribution is 7.71. The Labute approximate surface area is 198 Å². The minimum absolute atomic E-state index is 0.112. The van der Waals surface area contributed by atoms with E-state index in [0.29, 0.717) is 35.7 Å². The lowest BCUT2D eigenvalue weighted by molar-refractivity contribution is -0.131. The summed E-state index contributed by atoms with van der Waals surface area (Å²) in [6.45, 7) is 3.50. The van der Waals surface area contributed by atoms with E-state index in [9.17, 15) is 4.79 Å². The van der Waals surface area contributed by atoms with Gasteiger partial charge < -0.3 is 14.5 Å². The van der Waals surface area contributed by atoms with Crippen molar-refractivity contribution in [3.63, 3.8) is 0 Å². The predicted octanol–water partition coefficient (Wildman–Crippen LogP) is 3.62. The van der Waals surface area contributed by atoms with Crippen LogP contribution in [0.5, 0.6) is 5.75 Å². The van der Waals surface area contributed by atoms with Crippen molar-refractivity contribution in [3.8, 4) is 23.2 Å². The van der Waals surface area contributed by atoms with Crippen molar-refractivity contribution in [1.29, 1.82) is 5.26 Å². The van der Waals surface area contributed by atoms with Crippen LogP contribution in [0.4, 0.5) is 5.69 Å². The number of anilines is 1. The quantitative estimate of drug-likeness (QED) is 0.563. The highest BCUT2D eigenvalue weighted by Gasteiger charge is 2.20. The van der Waals surface area contributed by atoms with E-state index in [1.807, 2.05) is 58.0 Å². The first-order chi connectivity index (χ1) is 16.1. The Hall–Kier alpha value is -3.64. The molecule has 0 radical (unpaired) electrons. The molecule has 0 atom stereocenters. The maximum atomic E-state index is 13.0. The number of aromatic amines is 1. The van der Waals surface area contributed by atoms with Gasteiger partial charge in [0.25, 0.3) is 0 Å². The van der Waals surface area contributed by atoms with Crippen LogP contribution in [0.15, 0.2) is 48.5 Å². The van der Waals surface area contributed by atoms with Crippen molar-refractivity contribution in [2.75, 3.05) is 38.2 Å². The number of rotatable bonds is 6. The van der Waals surface area contributed by atoms with Gasteiger partial charge in [0.1, 0.15) is 5.75 Å². The summed E-state index contributed by atoms with van der Waals surface area (Å²) in [7, 11) is 1.63. The first-order valence-corrected chi connectivity index (χ1v) is 11.3. The predicted molar refractivity (Wildman–Crippen MR) is 129 cm³/mol. The lowest BCUT2D eigenvalue weighted by Crippen LogP contribution is -2.35. The number of H-pyrrole nitrogens is 1. The number of amides is 1. The number of nitrogens with zero attached hydrogens (tertiary/aromatic N) is 5. The molecule has 170 valence electrons. The van der Waals surface area contributed by atoms with E-state index in [-0.39, 0.29) is 5.91 Å². The Morgan fingerprint density at radius 1 is 1.12 bits per heavy atom. The Balaban J connectivity index is 1.38. The zero-order valence-corrected chi connectivity index (χ0v) is 19.3. The Bertz CT molecular complexity index is 1190. The summed E-state index contributed by atoms with van der Waals surface area (Å²) in [4.78, 5) is 17.2. The molecular weight excluding hydrogens is 436 g/mol. The molecule has 2 heterocycles. The van der Waals surface area contributed by atoms with Crippen LogP contribution in [-0.2, 0) is 11.3 Å². The van der Waals surface area contributed by atoms with Crippen LogP contribution in [0.25, 0.3) is 11.4 Å². The SMILES string of the molecule is COc1ccc(-c2n[nH]c(=S)n2CCC(=O)N2CCCN(c3ccc(C#N)cc3)CC2)cc1. The van der Waals surface area contributed by atoms with Gasteiger partial charge in [0.15, 0.2) is 10.6 Å². The number of hydrogen-bond donors (Lipinski definition) is 1. The summed E-state index contributed by atoms with van der Waals surface area (Å²) in [6, 6.07) is 17.3. The lowest BCUT2D eigenvalue weighted by atomic mass is 10.2. The largest absolute Gasteiger partial charge is 0.497 e. The van der Waals surface area contributed by atoms with Gasteiger partial charge in [-0.25, -0.2) is 0 Å². The van der Waals surface area contributed by atoms with E-state index in [0.717, 1.165) is 43.1 Å². The fourth-order valence-electron chi connectivity index (χ4n) is 4.02. The van der Waals surface area contributed by atoms with Crippen molar-refractivity contribution in [1.82, 2.24) is 19.7 Å². The van der Waals surface area contributed by atoms with Crippen molar-refractivity contribution in [2.24, 2.45) is 0 Å². The van der Waals surface area contributed by atoms with Gasteiger partial charge in [-0.05, 0) is 67.2 Å². The second-order valence-corrected chi connectivity index (χ2v) is 8.25. The van der Waals surface area contributed by atoms with Crippen molar-refractivity contribution in [3.05, 3.63) is 58.9 Å². The summed E-state index contributed by atoms with van der Waals surface area (Å²) >= 11 is 5.41. The van der Waals surface area contributed by atoms with Gasteiger partial charge in [-0.1, -0.05) is 0 Å². The molecule has 4 rings (SSSR count). The third-order valence-corrected chi connectivity index (χ3v) is 6.18. The molecule has 3 aromatic rings. The zero-order chi connectivity index (χ0) is 23.2. The summed E-state index contributed by atoms with van der Waals surface area (Å²) in [5.41, 5.74) is 2.64. The average molecular weight is 463 g/mol. The molecule has 0 unspecified atom stereocenters. The third-order valence-electron chi connectivity index (χ3n) is 5.87. The van der Waals surface area contributed by atoms with Gasteiger partial charge in [0, 0.05) is 50.4 Å². The number of carbonyl (C=O) groups is 1. The third kappa shape index (κ3) is 5.23. The van der Waals surface area contributed by atoms with Gasteiger partial charge in [0.2, 0.25) is 5.91 Å². The highest BCUT2D eigenvalue weighted by atomic mass is 32.1. The minimum atomic E-state index is 0.112. The fourth-order valence-corrected chi connectivity index (χ4v) is 4.25. The molecule has 9 heteroatoms. The topological polar surface area (TPSA) is 90.2 Å². The van der Waals surface area contributed by atoms with Crippen LogP contribution >= 0.6 is 12.2 Å². The van der Waals surface area contributed by atoms with Gasteiger partial charge in [0.05, 0.1) is 18.7 Å². The molecule has 0 aliphatic carbocycles. The van der Waals surface area contributed by atoms with Crippen molar-refractivity contribution in [2.45, 2.75) is 19.4 Å². The minimum Gasteiger partial charge on any atom is -0.497 e. The van der Waals surface area contributed by atoms with E-state index < -0.39 is 0 Å². The van der Waals surface area contributed by atoms with Crippen molar-refractivity contribution < 1.29 is 9.53 Å². The van der Waals surface area contributed by atoms with Crippen LogP contribution in [0.2, 0.25) is 0 Å². The first kappa shape index (κ1) is 22.6. The fraction of sp³-hybridized carbons (Fsp3) is 0.333. The molecule has 1 aliphatic rings. The standard InChI is InChI=1S/C24H26N6O2S/c1-32-21-9-5-19(6-10-21)23-26-27-24(33)30(23)14-11-22(31)29-13-2-12-28(15-16-29)20-7-3-18(17-25)4-8-20/h3-10H,2,11-16H2,1H3,(H,27,33). The normalized spacial score (nSPS) is 13.9. The van der Waals surface area contributed by atoms with Crippen LogP contribution in [0.1, 0.15) is 18.4 Å². The van der Waals surface area contributed by atoms with Gasteiger partial charge in [-0.15, -0.1) is 0 Å². The summed E-state index contributed by atoms with van der Waals surface area (Å²) in [5, 5.41) is 16.2. The second-order valence-electron chi connectivity index (χ2n) is 7.86. The van der Waals surface area contributed by atoms with Crippen LogP contribution < -0.4 is 9.64 Å². The molecule has 1 fully saturated rings. The summed E-state index contributed by atoms with van der Waals surface area (Å²) in [5.74, 6) is 1.59. The van der Waals surface area contributed by atoms with E-state index in [2.05, 4.69) is 21.2 Å². The number of hydrogen-bond acceptors (Lipinski definition) is 6. The molecule has 8 nitrogen and oxygen atoms in total. The molecular formula is C24H26N6O2S. The second kappa shape index (κ2) is 10.3. The lowest BCUT2D eigenvalue weighted by Gasteiger charge is -2.24. The average Bonchev–Trinajstić information content (AvgIpc) is 3.06. The maximum Gasteiger partial charge on any atom is 0.224 e. The zero-order valence-electron chi connectivity index (χ0n) is 18.5. The molecule has 0 spiro atoms. The van der Waals surface area contributed by atoms with E-state index >= 15 is 0 Å². The Kier molecular flexibility index (Phi) is 7.05. The Morgan fingerprint density at radius 3 is 2.58 bits per heavy atom.